The second kappa shape index (κ2) is 7.24. The van der Waals surface area contributed by atoms with Crippen molar-refractivity contribution in [3.8, 4) is 5.75 Å². The average Bonchev–Trinajstić information content (AvgIpc) is 3.07. The molecule has 2 aromatic carbocycles. The fourth-order valence-corrected chi connectivity index (χ4v) is 4.13. The van der Waals surface area contributed by atoms with Crippen molar-refractivity contribution in [2.75, 3.05) is 19.1 Å². The van der Waals surface area contributed by atoms with Gasteiger partial charge in [0, 0.05) is 10.9 Å². The molecule has 0 fully saturated rings. The van der Waals surface area contributed by atoms with Gasteiger partial charge in [0.2, 0.25) is 0 Å². The highest BCUT2D eigenvalue weighted by Crippen LogP contribution is 2.34. The smallest absolute Gasteiger partial charge is 0.169 e. The van der Waals surface area contributed by atoms with Crippen molar-refractivity contribution >= 4 is 39.5 Å². The van der Waals surface area contributed by atoms with Crippen molar-refractivity contribution in [1.82, 2.24) is 14.5 Å². The number of rotatable bonds is 5. The van der Waals surface area contributed by atoms with Crippen LogP contribution in [0.3, 0.4) is 0 Å². The van der Waals surface area contributed by atoms with E-state index in [2.05, 4.69) is 9.55 Å². The first kappa shape index (κ1) is 19.5. The molecule has 6 nitrogen and oxygen atoms in total. The predicted molar refractivity (Wildman–Crippen MR) is 119 cm³/mol. The highest BCUT2D eigenvalue weighted by Gasteiger charge is 2.21. The first-order valence-electron chi connectivity index (χ1n) is 9.31. The normalized spacial score (nSPS) is 12.0. The van der Waals surface area contributed by atoms with Gasteiger partial charge in [0.25, 0.3) is 0 Å². The van der Waals surface area contributed by atoms with Crippen LogP contribution in [0.15, 0.2) is 47.6 Å². The molecule has 7 heteroatoms. The lowest BCUT2D eigenvalue weighted by Gasteiger charge is -2.20. The summed E-state index contributed by atoms with van der Waals surface area (Å²) in [4.78, 5) is 9.26. The van der Waals surface area contributed by atoms with Gasteiger partial charge in [-0.25, -0.2) is 9.97 Å². The summed E-state index contributed by atoms with van der Waals surface area (Å²) in [5, 5.41) is 12.2. The lowest BCUT2D eigenvalue weighted by atomic mass is 9.96. The van der Waals surface area contributed by atoms with Crippen LogP contribution in [0.1, 0.15) is 25.0 Å². The fraction of sp³-hybridized carbons (Fsp3) is 0.273. The second-order valence-corrected chi connectivity index (χ2v) is 8.26. The quantitative estimate of drug-likeness (QED) is 0.482. The van der Waals surface area contributed by atoms with Gasteiger partial charge >= 0.3 is 0 Å². The third kappa shape index (κ3) is 3.41. The maximum absolute atomic E-state index is 10.3. The van der Waals surface area contributed by atoms with E-state index < -0.39 is 5.60 Å². The van der Waals surface area contributed by atoms with Gasteiger partial charge in [-0.3, -0.25) is 0 Å². The lowest BCUT2D eigenvalue weighted by Crippen LogP contribution is -2.16. The average molecular weight is 409 g/mol. The standard InChI is InChI=1S/C22H24N4O2S/c1-22(2,27)14-10-9-13(17(11-14)28-3)12-26-19-15-7-5-6-8-16(15)24-20(23)18(19)25-21(26)29-4/h5-11,27H,12H2,1-4H3,(H2,23,24). The van der Waals surface area contributed by atoms with Crippen LogP contribution >= 0.6 is 11.8 Å². The van der Waals surface area contributed by atoms with Crippen molar-refractivity contribution in [3.05, 3.63) is 53.6 Å². The highest BCUT2D eigenvalue weighted by molar-refractivity contribution is 7.98. The molecule has 150 valence electrons. The molecule has 0 unspecified atom stereocenters. The zero-order valence-electron chi connectivity index (χ0n) is 16.9. The van der Waals surface area contributed by atoms with Crippen molar-refractivity contribution in [3.63, 3.8) is 0 Å². The Morgan fingerprint density at radius 3 is 2.62 bits per heavy atom. The summed E-state index contributed by atoms with van der Waals surface area (Å²) in [6.45, 7) is 4.09. The van der Waals surface area contributed by atoms with E-state index in [4.69, 9.17) is 15.5 Å². The number of anilines is 1. The number of para-hydroxylation sites is 1. The summed E-state index contributed by atoms with van der Waals surface area (Å²) >= 11 is 1.57. The minimum absolute atomic E-state index is 0.428. The summed E-state index contributed by atoms with van der Waals surface area (Å²) in [6, 6.07) is 13.8. The van der Waals surface area contributed by atoms with Crippen LogP contribution in [0.2, 0.25) is 0 Å². The monoisotopic (exact) mass is 408 g/mol. The van der Waals surface area contributed by atoms with Crippen molar-refractivity contribution in [2.45, 2.75) is 31.1 Å². The Labute approximate surface area is 173 Å². The van der Waals surface area contributed by atoms with Crippen LogP contribution in [0.25, 0.3) is 21.9 Å². The highest BCUT2D eigenvalue weighted by atomic mass is 32.2. The molecule has 4 aromatic rings. The minimum Gasteiger partial charge on any atom is -0.496 e. The number of hydrogen-bond acceptors (Lipinski definition) is 6. The number of aromatic nitrogens is 3. The van der Waals surface area contributed by atoms with Gasteiger partial charge in [-0.05, 0) is 37.8 Å². The Morgan fingerprint density at radius 2 is 1.93 bits per heavy atom. The molecule has 29 heavy (non-hydrogen) atoms. The van der Waals surface area contributed by atoms with E-state index in [0.717, 1.165) is 38.5 Å². The molecule has 0 aliphatic carbocycles. The molecule has 0 radical (unpaired) electrons. The van der Waals surface area contributed by atoms with Crippen molar-refractivity contribution < 1.29 is 9.84 Å². The predicted octanol–water partition coefficient (Wildman–Crippen LogP) is 4.17. The maximum Gasteiger partial charge on any atom is 0.169 e. The molecular formula is C22H24N4O2S. The van der Waals surface area contributed by atoms with Crippen LogP contribution in [0.4, 0.5) is 5.82 Å². The number of methoxy groups -OCH3 is 1. The number of benzene rings is 2. The SMILES string of the molecule is COc1cc(C(C)(C)O)ccc1Cn1c(SC)nc2c(N)nc3ccccc3c21. The first-order chi connectivity index (χ1) is 13.8. The van der Waals surface area contributed by atoms with Gasteiger partial charge < -0.3 is 20.1 Å². The molecular weight excluding hydrogens is 384 g/mol. The third-order valence-electron chi connectivity index (χ3n) is 5.08. The van der Waals surface area contributed by atoms with E-state index in [-0.39, 0.29) is 0 Å². The Kier molecular flexibility index (Phi) is 4.88. The van der Waals surface area contributed by atoms with Crippen LogP contribution in [0, 0.1) is 0 Å². The van der Waals surface area contributed by atoms with E-state index in [1.54, 1.807) is 32.7 Å². The molecule has 0 spiro atoms. The largest absolute Gasteiger partial charge is 0.496 e. The number of nitrogens with two attached hydrogens (primary N) is 1. The Balaban J connectivity index is 1.93. The summed E-state index contributed by atoms with van der Waals surface area (Å²) in [5.74, 6) is 1.15. The fourth-order valence-electron chi connectivity index (χ4n) is 3.57. The number of pyridine rings is 1. The van der Waals surface area contributed by atoms with Gasteiger partial charge in [0.15, 0.2) is 11.0 Å². The lowest BCUT2D eigenvalue weighted by molar-refractivity contribution is 0.0783. The number of thioether (sulfide) groups is 1. The molecule has 0 amide bonds. The molecule has 0 aliphatic heterocycles. The zero-order valence-corrected chi connectivity index (χ0v) is 17.7. The van der Waals surface area contributed by atoms with Gasteiger partial charge in [0.1, 0.15) is 11.3 Å². The van der Waals surface area contributed by atoms with E-state index in [0.29, 0.717) is 17.9 Å². The van der Waals surface area contributed by atoms with E-state index in [9.17, 15) is 5.11 Å². The Morgan fingerprint density at radius 1 is 1.17 bits per heavy atom. The van der Waals surface area contributed by atoms with Gasteiger partial charge in [-0.2, -0.15) is 0 Å². The molecule has 0 saturated heterocycles. The second-order valence-electron chi connectivity index (χ2n) is 7.48. The van der Waals surface area contributed by atoms with Gasteiger partial charge in [-0.1, -0.05) is 42.1 Å². The number of fused-ring (bicyclic) bond motifs is 3. The minimum atomic E-state index is -0.936. The summed E-state index contributed by atoms with van der Waals surface area (Å²) < 4.78 is 7.79. The molecule has 0 aliphatic rings. The first-order valence-corrected chi connectivity index (χ1v) is 10.5. The zero-order chi connectivity index (χ0) is 20.8. The maximum atomic E-state index is 10.3. The Hall–Kier alpha value is -2.77. The number of nitrogens with zero attached hydrogens (tertiary/aromatic N) is 3. The summed E-state index contributed by atoms with van der Waals surface area (Å²) in [5.41, 5.74) is 9.61. The summed E-state index contributed by atoms with van der Waals surface area (Å²) in [6.07, 6.45) is 2.00. The van der Waals surface area contributed by atoms with E-state index in [1.807, 2.05) is 48.7 Å². The van der Waals surface area contributed by atoms with Crippen molar-refractivity contribution in [2.24, 2.45) is 0 Å². The number of aliphatic hydroxyl groups is 1. The van der Waals surface area contributed by atoms with Crippen molar-refractivity contribution in [1.29, 1.82) is 0 Å². The third-order valence-corrected chi connectivity index (χ3v) is 5.76. The molecule has 2 heterocycles. The van der Waals surface area contributed by atoms with E-state index >= 15 is 0 Å². The van der Waals surface area contributed by atoms with Crippen LogP contribution in [-0.2, 0) is 12.1 Å². The molecule has 0 saturated carbocycles. The number of hydrogen-bond donors (Lipinski definition) is 2. The molecule has 3 N–H and O–H groups in total. The number of ether oxygens (including phenoxy) is 1. The topological polar surface area (TPSA) is 86.2 Å². The number of nitrogen functional groups attached to an aromatic ring is 1. The van der Waals surface area contributed by atoms with Crippen LogP contribution in [-0.4, -0.2) is 33.0 Å². The molecule has 4 rings (SSSR count). The van der Waals surface area contributed by atoms with Gasteiger partial charge in [-0.15, -0.1) is 0 Å². The van der Waals surface area contributed by atoms with E-state index in [1.165, 1.54) is 0 Å². The Bertz CT molecular complexity index is 1210. The van der Waals surface area contributed by atoms with Crippen LogP contribution < -0.4 is 10.5 Å². The molecule has 2 aromatic heterocycles. The summed E-state index contributed by atoms with van der Waals surface area (Å²) in [7, 11) is 1.64. The van der Waals surface area contributed by atoms with Gasteiger partial charge in [0.05, 0.1) is 30.3 Å². The molecule has 0 bridgehead atoms. The molecule has 0 atom stereocenters. The van der Waals surface area contributed by atoms with Crippen LogP contribution in [0.5, 0.6) is 5.75 Å². The number of imidazole rings is 1.